The fraction of sp³-hybridized carbons (Fsp3) is 0.375. The lowest BCUT2D eigenvalue weighted by atomic mass is 10.2. The van der Waals surface area contributed by atoms with Crippen molar-refractivity contribution in [3.63, 3.8) is 0 Å². The second-order valence-corrected chi connectivity index (χ2v) is 5.57. The fourth-order valence-corrected chi connectivity index (χ4v) is 2.01. The van der Waals surface area contributed by atoms with Gasteiger partial charge in [0.05, 0.1) is 11.2 Å². The summed E-state index contributed by atoms with van der Waals surface area (Å²) in [6.45, 7) is 7.11. The lowest BCUT2D eigenvalue weighted by Gasteiger charge is -2.11. The van der Waals surface area contributed by atoms with Crippen LogP contribution in [-0.4, -0.2) is 16.0 Å². The van der Waals surface area contributed by atoms with Crippen molar-refractivity contribution in [3.05, 3.63) is 46.9 Å². The molecule has 0 amide bonds. The minimum absolute atomic E-state index is 0.435. The van der Waals surface area contributed by atoms with E-state index in [1.54, 1.807) is 18.5 Å². The third-order valence-electron chi connectivity index (χ3n) is 2.89. The first-order valence-corrected chi connectivity index (χ1v) is 7.46. The molecule has 2 rings (SSSR count). The van der Waals surface area contributed by atoms with Crippen LogP contribution < -0.4 is 10.1 Å². The van der Waals surface area contributed by atoms with Gasteiger partial charge in [0.25, 0.3) is 0 Å². The zero-order valence-electron chi connectivity index (χ0n) is 12.6. The number of pyridine rings is 2. The van der Waals surface area contributed by atoms with E-state index >= 15 is 0 Å². The normalized spacial score (nSPS) is 10.9. The van der Waals surface area contributed by atoms with E-state index in [9.17, 15) is 0 Å². The Morgan fingerprint density at radius 1 is 1.24 bits per heavy atom. The molecule has 0 atom stereocenters. The van der Waals surface area contributed by atoms with Gasteiger partial charge in [-0.1, -0.05) is 32.4 Å². The maximum Gasteiger partial charge on any atom is 0.219 e. The SMILES string of the molecule is CCc1cc(CNC(C)C)cc(Oc2cncc(Cl)c2)n1. The molecular weight excluding hydrogens is 286 g/mol. The Morgan fingerprint density at radius 3 is 2.71 bits per heavy atom. The topological polar surface area (TPSA) is 47.0 Å². The number of aryl methyl sites for hydroxylation is 1. The average Bonchev–Trinajstić information content (AvgIpc) is 2.45. The van der Waals surface area contributed by atoms with Crippen LogP contribution in [0.3, 0.4) is 0 Å². The van der Waals surface area contributed by atoms with E-state index in [1.807, 2.05) is 6.07 Å². The van der Waals surface area contributed by atoms with E-state index in [0.717, 1.165) is 24.2 Å². The molecule has 2 aromatic heterocycles. The van der Waals surface area contributed by atoms with Crippen LogP contribution in [0.2, 0.25) is 5.02 Å². The van der Waals surface area contributed by atoms with E-state index in [0.29, 0.717) is 22.7 Å². The first-order chi connectivity index (χ1) is 10.1. The summed E-state index contributed by atoms with van der Waals surface area (Å²) in [6.07, 6.45) is 4.06. The van der Waals surface area contributed by atoms with Gasteiger partial charge in [-0.3, -0.25) is 4.98 Å². The highest BCUT2D eigenvalue weighted by Crippen LogP contribution is 2.23. The smallest absolute Gasteiger partial charge is 0.219 e. The Kier molecular flexibility index (Phi) is 5.53. The van der Waals surface area contributed by atoms with E-state index in [2.05, 4.69) is 42.1 Å². The summed E-state index contributed by atoms with van der Waals surface area (Å²) in [6, 6.07) is 6.19. The molecule has 1 N–H and O–H groups in total. The number of aromatic nitrogens is 2. The summed E-state index contributed by atoms with van der Waals surface area (Å²) in [7, 11) is 0. The van der Waals surface area contributed by atoms with E-state index in [4.69, 9.17) is 16.3 Å². The predicted molar refractivity (Wildman–Crippen MR) is 84.9 cm³/mol. The molecule has 0 saturated heterocycles. The van der Waals surface area contributed by atoms with Gasteiger partial charge in [0, 0.05) is 36.6 Å². The number of nitrogens with zero attached hydrogens (tertiary/aromatic N) is 2. The first-order valence-electron chi connectivity index (χ1n) is 7.08. The standard InChI is InChI=1S/C16H20ClN3O/c1-4-14-5-12(8-19-11(2)3)6-16(20-14)21-15-7-13(17)9-18-10-15/h5-7,9-11,19H,4,8H2,1-3H3. The van der Waals surface area contributed by atoms with Gasteiger partial charge in [-0.2, -0.15) is 0 Å². The molecule has 0 spiro atoms. The molecule has 0 aromatic carbocycles. The maximum atomic E-state index is 5.91. The Morgan fingerprint density at radius 2 is 2.05 bits per heavy atom. The van der Waals surface area contributed by atoms with Gasteiger partial charge in [-0.15, -0.1) is 0 Å². The molecule has 21 heavy (non-hydrogen) atoms. The summed E-state index contributed by atoms with van der Waals surface area (Å²) in [5.74, 6) is 1.16. The molecule has 2 heterocycles. The van der Waals surface area contributed by atoms with Crippen molar-refractivity contribution in [2.45, 2.75) is 39.8 Å². The van der Waals surface area contributed by atoms with Gasteiger partial charge in [-0.25, -0.2) is 4.98 Å². The summed E-state index contributed by atoms with van der Waals surface area (Å²) in [5.41, 5.74) is 2.16. The highest BCUT2D eigenvalue weighted by molar-refractivity contribution is 6.30. The highest BCUT2D eigenvalue weighted by Gasteiger charge is 2.06. The molecule has 4 nitrogen and oxygen atoms in total. The van der Waals surface area contributed by atoms with Crippen molar-refractivity contribution >= 4 is 11.6 Å². The van der Waals surface area contributed by atoms with Gasteiger partial charge in [0.2, 0.25) is 5.88 Å². The van der Waals surface area contributed by atoms with Crippen molar-refractivity contribution in [1.29, 1.82) is 0 Å². The largest absolute Gasteiger partial charge is 0.437 e. The van der Waals surface area contributed by atoms with Crippen molar-refractivity contribution in [1.82, 2.24) is 15.3 Å². The van der Waals surface area contributed by atoms with Gasteiger partial charge >= 0.3 is 0 Å². The first kappa shape index (κ1) is 15.7. The molecule has 0 unspecified atom stereocenters. The van der Waals surface area contributed by atoms with E-state index in [1.165, 1.54) is 0 Å². The van der Waals surface area contributed by atoms with Crippen LogP contribution in [0.15, 0.2) is 30.6 Å². The molecular formula is C16H20ClN3O. The number of ether oxygens (including phenoxy) is 1. The van der Waals surface area contributed by atoms with Gasteiger partial charge < -0.3 is 10.1 Å². The van der Waals surface area contributed by atoms with Gasteiger partial charge in [0.1, 0.15) is 5.75 Å². The molecule has 0 saturated carbocycles. The fourth-order valence-electron chi connectivity index (χ4n) is 1.85. The molecule has 0 aliphatic carbocycles. The quantitative estimate of drug-likeness (QED) is 0.877. The van der Waals surface area contributed by atoms with Gasteiger partial charge in [0.15, 0.2) is 0 Å². The molecule has 0 bridgehead atoms. The summed E-state index contributed by atoms with van der Waals surface area (Å²) < 4.78 is 5.76. The third-order valence-corrected chi connectivity index (χ3v) is 3.10. The van der Waals surface area contributed by atoms with Crippen molar-refractivity contribution in [3.8, 4) is 11.6 Å². The molecule has 112 valence electrons. The number of nitrogens with one attached hydrogen (secondary N) is 1. The molecule has 0 aliphatic rings. The van der Waals surface area contributed by atoms with Crippen molar-refractivity contribution in [2.24, 2.45) is 0 Å². The minimum atomic E-state index is 0.435. The predicted octanol–water partition coefficient (Wildman–Crippen LogP) is 3.98. The zero-order chi connectivity index (χ0) is 15.2. The Hall–Kier alpha value is -1.65. The number of rotatable bonds is 6. The lowest BCUT2D eigenvalue weighted by molar-refractivity contribution is 0.457. The molecule has 0 aliphatic heterocycles. The van der Waals surface area contributed by atoms with Crippen LogP contribution in [0.5, 0.6) is 11.6 Å². The summed E-state index contributed by atoms with van der Waals surface area (Å²) >= 11 is 5.91. The summed E-state index contributed by atoms with van der Waals surface area (Å²) in [5, 5.41) is 3.94. The second-order valence-electron chi connectivity index (χ2n) is 5.14. The minimum Gasteiger partial charge on any atom is -0.437 e. The maximum absolute atomic E-state index is 5.91. The molecule has 0 radical (unpaired) electrons. The zero-order valence-corrected chi connectivity index (χ0v) is 13.3. The highest BCUT2D eigenvalue weighted by atomic mass is 35.5. The average molecular weight is 306 g/mol. The van der Waals surface area contributed by atoms with Crippen LogP contribution in [0.25, 0.3) is 0 Å². The lowest BCUT2D eigenvalue weighted by Crippen LogP contribution is -2.22. The second kappa shape index (κ2) is 7.38. The van der Waals surface area contributed by atoms with Crippen LogP contribution >= 0.6 is 11.6 Å². The van der Waals surface area contributed by atoms with Crippen LogP contribution in [0.1, 0.15) is 32.0 Å². The van der Waals surface area contributed by atoms with Crippen molar-refractivity contribution in [2.75, 3.05) is 0 Å². The number of halogens is 1. The van der Waals surface area contributed by atoms with E-state index < -0.39 is 0 Å². The van der Waals surface area contributed by atoms with Crippen molar-refractivity contribution < 1.29 is 4.74 Å². The summed E-state index contributed by atoms with van der Waals surface area (Å²) in [4.78, 5) is 8.49. The van der Waals surface area contributed by atoms with Crippen LogP contribution in [0, 0.1) is 0 Å². The van der Waals surface area contributed by atoms with Crippen LogP contribution in [-0.2, 0) is 13.0 Å². The monoisotopic (exact) mass is 305 g/mol. The van der Waals surface area contributed by atoms with Gasteiger partial charge in [-0.05, 0) is 18.1 Å². The number of hydrogen-bond acceptors (Lipinski definition) is 4. The van der Waals surface area contributed by atoms with E-state index in [-0.39, 0.29) is 0 Å². The molecule has 5 heteroatoms. The molecule has 0 fully saturated rings. The Labute approximate surface area is 130 Å². The third kappa shape index (κ3) is 4.99. The molecule has 2 aromatic rings. The van der Waals surface area contributed by atoms with Crippen LogP contribution in [0.4, 0.5) is 0 Å². The Bertz CT molecular complexity index is 602. The Balaban J connectivity index is 2.19. The number of hydrogen-bond donors (Lipinski definition) is 1.